The number of pyridine rings is 1. The van der Waals surface area contributed by atoms with Crippen molar-refractivity contribution >= 4 is 5.65 Å². The van der Waals surface area contributed by atoms with E-state index < -0.39 is 0 Å². The van der Waals surface area contributed by atoms with E-state index in [9.17, 15) is 0 Å². The molecule has 5 nitrogen and oxygen atoms in total. The maximum Gasteiger partial charge on any atom is 0.200 e. The molecule has 0 N–H and O–H groups in total. The van der Waals surface area contributed by atoms with Gasteiger partial charge in [-0.2, -0.15) is 0 Å². The minimum Gasteiger partial charge on any atom is -0.482 e. The van der Waals surface area contributed by atoms with E-state index in [0.29, 0.717) is 12.0 Å². The first kappa shape index (κ1) is 14.3. The van der Waals surface area contributed by atoms with Crippen molar-refractivity contribution in [1.29, 1.82) is 0 Å². The summed E-state index contributed by atoms with van der Waals surface area (Å²) in [5.74, 6) is 2.52. The van der Waals surface area contributed by atoms with Gasteiger partial charge in [-0.25, -0.2) is 4.40 Å². The lowest BCUT2D eigenvalue weighted by molar-refractivity contribution is 0.148. The summed E-state index contributed by atoms with van der Waals surface area (Å²) in [7, 11) is 1.69. The van der Waals surface area contributed by atoms with Gasteiger partial charge in [0.15, 0.2) is 5.65 Å². The Morgan fingerprint density at radius 3 is 2.67 bits per heavy atom. The Labute approximate surface area is 125 Å². The summed E-state index contributed by atoms with van der Waals surface area (Å²) in [6, 6.07) is 6.54. The Bertz CT molecular complexity index is 599. The summed E-state index contributed by atoms with van der Waals surface area (Å²) >= 11 is 0. The summed E-state index contributed by atoms with van der Waals surface area (Å²) in [4.78, 5) is 2.55. The number of hydrogen-bond acceptors (Lipinski definition) is 4. The van der Waals surface area contributed by atoms with Crippen molar-refractivity contribution < 1.29 is 4.74 Å². The minimum atomic E-state index is 0.653. The first-order valence-electron chi connectivity index (χ1n) is 7.80. The number of nitrogens with zero attached hydrogens (tertiary/aromatic N) is 4. The molecule has 3 rings (SSSR count). The lowest BCUT2D eigenvalue weighted by Gasteiger charge is -2.34. The van der Waals surface area contributed by atoms with Crippen molar-refractivity contribution in [2.45, 2.75) is 39.2 Å². The van der Waals surface area contributed by atoms with Gasteiger partial charge in [0.2, 0.25) is 5.88 Å². The molecule has 0 aromatic carbocycles. The fraction of sp³-hybridized carbons (Fsp3) is 0.625. The van der Waals surface area contributed by atoms with E-state index in [0.717, 1.165) is 23.8 Å². The quantitative estimate of drug-likeness (QED) is 0.866. The highest BCUT2D eigenvalue weighted by Crippen LogP contribution is 2.24. The lowest BCUT2D eigenvalue weighted by atomic mass is 9.92. The van der Waals surface area contributed by atoms with Crippen LogP contribution in [0, 0.1) is 5.92 Å². The second-order valence-electron chi connectivity index (χ2n) is 6.16. The predicted octanol–water partition coefficient (Wildman–Crippen LogP) is 2.40. The maximum atomic E-state index is 5.44. The molecule has 0 atom stereocenters. The SMILES string of the molecule is COc1cccc2nnc(CC3CCN(C(C)C)CC3)n12. The molecule has 0 bridgehead atoms. The van der Waals surface area contributed by atoms with Crippen molar-refractivity contribution in [1.82, 2.24) is 19.5 Å². The van der Waals surface area contributed by atoms with Crippen LogP contribution in [0.5, 0.6) is 5.88 Å². The molecule has 1 fully saturated rings. The molecular formula is C16H24N4O. The van der Waals surface area contributed by atoms with Crippen molar-refractivity contribution in [3.63, 3.8) is 0 Å². The van der Waals surface area contributed by atoms with Gasteiger partial charge in [0.05, 0.1) is 7.11 Å². The monoisotopic (exact) mass is 288 g/mol. The first-order chi connectivity index (χ1) is 10.2. The zero-order valence-electron chi connectivity index (χ0n) is 13.1. The molecule has 114 valence electrons. The molecule has 0 aliphatic carbocycles. The third kappa shape index (κ3) is 2.88. The van der Waals surface area contributed by atoms with Gasteiger partial charge >= 0.3 is 0 Å². The second-order valence-corrected chi connectivity index (χ2v) is 6.16. The number of aromatic nitrogens is 3. The molecule has 2 aromatic rings. The first-order valence-corrected chi connectivity index (χ1v) is 7.80. The number of likely N-dealkylation sites (tertiary alicyclic amines) is 1. The van der Waals surface area contributed by atoms with E-state index in [4.69, 9.17) is 4.74 Å². The standard InChI is InChI=1S/C16H24N4O/c1-12(2)19-9-7-13(8-10-19)11-15-18-17-14-5-4-6-16(21-3)20(14)15/h4-6,12-13H,7-11H2,1-3H3. The van der Waals surface area contributed by atoms with Gasteiger partial charge in [-0.15, -0.1) is 10.2 Å². The summed E-state index contributed by atoms with van der Waals surface area (Å²) < 4.78 is 7.48. The smallest absolute Gasteiger partial charge is 0.200 e. The summed E-state index contributed by atoms with van der Waals surface area (Å²) in [6.45, 7) is 6.93. The van der Waals surface area contributed by atoms with Crippen LogP contribution in [0.3, 0.4) is 0 Å². The Morgan fingerprint density at radius 2 is 2.00 bits per heavy atom. The molecule has 0 unspecified atom stereocenters. The molecule has 0 saturated carbocycles. The summed E-state index contributed by atoms with van der Waals surface area (Å²) in [5, 5.41) is 8.63. The topological polar surface area (TPSA) is 42.7 Å². The van der Waals surface area contributed by atoms with Crippen LogP contribution >= 0.6 is 0 Å². The molecule has 3 heterocycles. The van der Waals surface area contributed by atoms with Crippen LogP contribution in [0.1, 0.15) is 32.5 Å². The number of ether oxygens (including phenoxy) is 1. The van der Waals surface area contributed by atoms with Crippen LogP contribution in [0.15, 0.2) is 18.2 Å². The highest BCUT2D eigenvalue weighted by molar-refractivity contribution is 5.42. The van der Waals surface area contributed by atoms with Gasteiger partial charge < -0.3 is 9.64 Å². The average molecular weight is 288 g/mol. The molecule has 2 aromatic heterocycles. The summed E-state index contributed by atoms with van der Waals surface area (Å²) in [5.41, 5.74) is 0.865. The van der Waals surface area contributed by atoms with E-state index in [1.807, 2.05) is 22.6 Å². The molecule has 0 spiro atoms. The second kappa shape index (κ2) is 6.02. The third-order valence-electron chi connectivity index (χ3n) is 4.52. The molecule has 0 amide bonds. The Kier molecular flexibility index (Phi) is 4.10. The van der Waals surface area contributed by atoms with Crippen LogP contribution in [-0.2, 0) is 6.42 Å². The van der Waals surface area contributed by atoms with Gasteiger partial charge in [-0.3, -0.25) is 0 Å². The molecule has 5 heteroatoms. The van der Waals surface area contributed by atoms with Gasteiger partial charge in [-0.05, 0) is 57.8 Å². The maximum absolute atomic E-state index is 5.44. The van der Waals surface area contributed by atoms with E-state index in [2.05, 4.69) is 28.9 Å². The fourth-order valence-electron chi connectivity index (χ4n) is 3.19. The van der Waals surface area contributed by atoms with Crippen LogP contribution in [0.2, 0.25) is 0 Å². The van der Waals surface area contributed by atoms with Gasteiger partial charge in [-0.1, -0.05) is 6.07 Å². The van der Waals surface area contributed by atoms with Crippen molar-refractivity contribution in [3.05, 3.63) is 24.0 Å². The third-order valence-corrected chi connectivity index (χ3v) is 4.52. The number of methoxy groups -OCH3 is 1. The summed E-state index contributed by atoms with van der Waals surface area (Å²) in [6.07, 6.45) is 3.46. The van der Waals surface area contributed by atoms with Crippen molar-refractivity contribution in [2.24, 2.45) is 5.92 Å². The normalized spacial score (nSPS) is 17.7. The molecule has 1 saturated heterocycles. The number of hydrogen-bond donors (Lipinski definition) is 0. The van der Waals surface area contributed by atoms with Crippen molar-refractivity contribution in [2.75, 3.05) is 20.2 Å². The van der Waals surface area contributed by atoms with Gasteiger partial charge in [0, 0.05) is 12.5 Å². The van der Waals surface area contributed by atoms with Gasteiger partial charge in [0.1, 0.15) is 5.82 Å². The van der Waals surface area contributed by atoms with Crippen LogP contribution in [-0.4, -0.2) is 45.7 Å². The molecule has 1 aliphatic rings. The van der Waals surface area contributed by atoms with E-state index in [1.165, 1.54) is 25.9 Å². The zero-order valence-corrected chi connectivity index (χ0v) is 13.1. The highest BCUT2D eigenvalue weighted by atomic mass is 16.5. The lowest BCUT2D eigenvalue weighted by Crippen LogP contribution is -2.39. The zero-order chi connectivity index (χ0) is 14.8. The molecule has 0 radical (unpaired) electrons. The Hall–Kier alpha value is -1.62. The molecule has 1 aliphatic heterocycles. The van der Waals surface area contributed by atoms with Crippen LogP contribution in [0.4, 0.5) is 0 Å². The van der Waals surface area contributed by atoms with E-state index in [1.54, 1.807) is 7.11 Å². The van der Waals surface area contributed by atoms with E-state index in [-0.39, 0.29) is 0 Å². The van der Waals surface area contributed by atoms with Crippen LogP contribution < -0.4 is 4.74 Å². The predicted molar refractivity (Wildman–Crippen MR) is 82.7 cm³/mol. The fourth-order valence-corrected chi connectivity index (χ4v) is 3.19. The number of fused-ring (bicyclic) bond motifs is 1. The largest absolute Gasteiger partial charge is 0.482 e. The van der Waals surface area contributed by atoms with E-state index >= 15 is 0 Å². The highest BCUT2D eigenvalue weighted by Gasteiger charge is 2.23. The van der Waals surface area contributed by atoms with Crippen LogP contribution in [0.25, 0.3) is 5.65 Å². The van der Waals surface area contributed by atoms with Gasteiger partial charge in [0.25, 0.3) is 0 Å². The Balaban J connectivity index is 1.74. The number of rotatable bonds is 4. The van der Waals surface area contributed by atoms with Crippen molar-refractivity contribution in [3.8, 4) is 5.88 Å². The Morgan fingerprint density at radius 1 is 1.24 bits per heavy atom. The average Bonchev–Trinajstić information content (AvgIpc) is 2.91. The number of piperidine rings is 1. The minimum absolute atomic E-state index is 0.653. The molecular weight excluding hydrogens is 264 g/mol. The molecule has 21 heavy (non-hydrogen) atoms.